The normalized spacial score (nSPS) is 22.3. The van der Waals surface area contributed by atoms with Gasteiger partial charge in [-0.3, -0.25) is 9.59 Å². The molecule has 0 bridgehead atoms. The molecule has 2 saturated heterocycles. The summed E-state index contributed by atoms with van der Waals surface area (Å²) in [5.74, 6) is 0.719. The molecule has 2 fully saturated rings. The van der Waals surface area contributed by atoms with E-state index in [4.69, 9.17) is 9.47 Å². The van der Waals surface area contributed by atoms with E-state index in [0.717, 1.165) is 37.5 Å². The van der Waals surface area contributed by atoms with Crippen molar-refractivity contribution in [1.29, 1.82) is 0 Å². The standard InChI is InChI=1S/C28H35N3O4/c1-3-35-28(33)20-12-14-29(15-13-20)27(32)22-18-21-8-4-5-9-23(21)31-17-16-30(19-25(22)31)24-10-6-7-11-26(24)34-2/h4-11,20,22,25H,3,12-19H2,1-2H3. The molecule has 3 aliphatic rings. The average Bonchev–Trinajstić information content (AvgIpc) is 2.92. The van der Waals surface area contributed by atoms with E-state index in [1.807, 2.05) is 30.0 Å². The average molecular weight is 478 g/mol. The molecule has 0 saturated carbocycles. The fourth-order valence-electron chi connectivity index (χ4n) is 5.98. The summed E-state index contributed by atoms with van der Waals surface area (Å²) in [4.78, 5) is 32.9. The van der Waals surface area contributed by atoms with E-state index in [2.05, 4.69) is 40.1 Å². The van der Waals surface area contributed by atoms with Crippen LogP contribution in [0.15, 0.2) is 48.5 Å². The summed E-state index contributed by atoms with van der Waals surface area (Å²) in [6.45, 7) is 5.96. The number of piperazine rings is 1. The lowest BCUT2D eigenvalue weighted by atomic mass is 9.82. The summed E-state index contributed by atoms with van der Waals surface area (Å²) in [6.07, 6.45) is 2.10. The van der Waals surface area contributed by atoms with Gasteiger partial charge in [-0.25, -0.2) is 0 Å². The maximum atomic E-state index is 13.9. The number of nitrogens with zero attached hydrogens (tertiary/aromatic N) is 3. The Labute approximate surface area is 207 Å². The largest absolute Gasteiger partial charge is 0.495 e. The number of carbonyl (C=O) groups excluding carboxylic acids is 2. The molecule has 2 aromatic carbocycles. The second-order valence-corrected chi connectivity index (χ2v) is 9.67. The van der Waals surface area contributed by atoms with Crippen molar-refractivity contribution in [3.8, 4) is 5.75 Å². The molecule has 2 atom stereocenters. The van der Waals surface area contributed by atoms with E-state index in [-0.39, 0.29) is 29.8 Å². The molecule has 2 aromatic rings. The molecule has 0 radical (unpaired) electrons. The van der Waals surface area contributed by atoms with Gasteiger partial charge in [0.15, 0.2) is 0 Å². The molecule has 0 N–H and O–H groups in total. The summed E-state index contributed by atoms with van der Waals surface area (Å²) in [5.41, 5.74) is 3.58. The highest BCUT2D eigenvalue weighted by molar-refractivity contribution is 5.83. The van der Waals surface area contributed by atoms with Crippen LogP contribution in [-0.4, -0.2) is 69.3 Å². The van der Waals surface area contributed by atoms with Gasteiger partial charge in [-0.1, -0.05) is 30.3 Å². The highest BCUT2D eigenvalue weighted by Crippen LogP contribution is 2.39. The number of carbonyl (C=O) groups is 2. The number of methoxy groups -OCH3 is 1. The van der Waals surface area contributed by atoms with Crippen LogP contribution in [0.1, 0.15) is 25.3 Å². The zero-order valence-corrected chi connectivity index (χ0v) is 20.7. The van der Waals surface area contributed by atoms with Crippen molar-refractivity contribution in [2.24, 2.45) is 11.8 Å². The first-order valence-electron chi connectivity index (χ1n) is 12.8. The Balaban J connectivity index is 1.37. The molecule has 0 aromatic heterocycles. The highest BCUT2D eigenvalue weighted by atomic mass is 16.5. The first-order chi connectivity index (χ1) is 17.1. The van der Waals surface area contributed by atoms with Crippen LogP contribution in [0.3, 0.4) is 0 Å². The van der Waals surface area contributed by atoms with Crippen LogP contribution in [0, 0.1) is 11.8 Å². The fourth-order valence-corrected chi connectivity index (χ4v) is 5.98. The Morgan fingerprint density at radius 1 is 0.943 bits per heavy atom. The number of fused-ring (bicyclic) bond motifs is 3. The van der Waals surface area contributed by atoms with E-state index < -0.39 is 0 Å². The molecular weight excluding hydrogens is 442 g/mol. The van der Waals surface area contributed by atoms with E-state index in [1.54, 1.807) is 7.11 Å². The maximum absolute atomic E-state index is 13.9. The Hall–Kier alpha value is -3.22. The van der Waals surface area contributed by atoms with Gasteiger partial charge in [-0.2, -0.15) is 0 Å². The first kappa shape index (κ1) is 23.5. The van der Waals surface area contributed by atoms with Crippen molar-refractivity contribution < 1.29 is 19.1 Å². The molecule has 3 heterocycles. The molecule has 1 amide bonds. The van der Waals surface area contributed by atoms with Gasteiger partial charge < -0.3 is 24.2 Å². The topological polar surface area (TPSA) is 62.3 Å². The summed E-state index contributed by atoms with van der Waals surface area (Å²) < 4.78 is 10.8. The summed E-state index contributed by atoms with van der Waals surface area (Å²) in [7, 11) is 1.71. The number of esters is 1. The third kappa shape index (κ3) is 4.56. The second-order valence-electron chi connectivity index (χ2n) is 9.67. The minimum Gasteiger partial charge on any atom is -0.495 e. The van der Waals surface area contributed by atoms with Gasteiger partial charge in [0.1, 0.15) is 5.75 Å². The van der Waals surface area contributed by atoms with Crippen molar-refractivity contribution in [3.05, 3.63) is 54.1 Å². The lowest BCUT2D eigenvalue weighted by Crippen LogP contribution is -2.62. The summed E-state index contributed by atoms with van der Waals surface area (Å²) in [6, 6.07) is 16.7. The van der Waals surface area contributed by atoms with Crippen LogP contribution in [0.25, 0.3) is 0 Å². The van der Waals surface area contributed by atoms with Crippen LogP contribution in [0.5, 0.6) is 5.75 Å². The number of hydrogen-bond donors (Lipinski definition) is 0. The molecule has 186 valence electrons. The van der Waals surface area contributed by atoms with E-state index in [1.165, 1.54) is 11.3 Å². The van der Waals surface area contributed by atoms with Crippen molar-refractivity contribution >= 4 is 23.3 Å². The maximum Gasteiger partial charge on any atom is 0.309 e. The Morgan fingerprint density at radius 2 is 1.66 bits per heavy atom. The third-order valence-electron chi connectivity index (χ3n) is 7.79. The third-order valence-corrected chi connectivity index (χ3v) is 7.79. The zero-order chi connectivity index (χ0) is 24.4. The Bertz CT molecular complexity index is 1070. The number of para-hydroxylation sites is 3. The van der Waals surface area contributed by atoms with Crippen molar-refractivity contribution in [1.82, 2.24) is 4.90 Å². The number of likely N-dealkylation sites (tertiary alicyclic amines) is 1. The molecule has 7 nitrogen and oxygen atoms in total. The molecule has 2 unspecified atom stereocenters. The fraction of sp³-hybridized carbons (Fsp3) is 0.500. The molecule has 0 spiro atoms. The number of rotatable bonds is 5. The van der Waals surface area contributed by atoms with Crippen molar-refractivity contribution in [2.45, 2.75) is 32.2 Å². The number of benzene rings is 2. The van der Waals surface area contributed by atoms with Crippen LogP contribution in [-0.2, 0) is 20.7 Å². The first-order valence-corrected chi connectivity index (χ1v) is 12.8. The van der Waals surface area contributed by atoms with Crippen molar-refractivity contribution in [2.75, 3.05) is 56.2 Å². The van der Waals surface area contributed by atoms with Gasteiger partial charge >= 0.3 is 5.97 Å². The number of amides is 1. The predicted molar refractivity (Wildman–Crippen MR) is 136 cm³/mol. The lowest BCUT2D eigenvalue weighted by molar-refractivity contribution is -0.152. The van der Waals surface area contributed by atoms with Gasteiger partial charge in [-0.05, 0) is 49.9 Å². The molecule has 5 rings (SSSR count). The van der Waals surface area contributed by atoms with Crippen LogP contribution >= 0.6 is 0 Å². The van der Waals surface area contributed by atoms with Crippen LogP contribution < -0.4 is 14.5 Å². The van der Waals surface area contributed by atoms with E-state index >= 15 is 0 Å². The molecule has 0 aliphatic carbocycles. The van der Waals surface area contributed by atoms with Gasteiger partial charge in [0.25, 0.3) is 0 Å². The molecule has 35 heavy (non-hydrogen) atoms. The van der Waals surface area contributed by atoms with Crippen LogP contribution in [0.2, 0.25) is 0 Å². The Kier molecular flexibility index (Phi) is 6.84. The molecule has 7 heteroatoms. The van der Waals surface area contributed by atoms with Gasteiger partial charge in [0.2, 0.25) is 5.91 Å². The van der Waals surface area contributed by atoms with Crippen LogP contribution in [0.4, 0.5) is 11.4 Å². The van der Waals surface area contributed by atoms with Gasteiger partial charge in [0.05, 0.1) is 37.3 Å². The SMILES string of the molecule is CCOC(=O)C1CCN(C(=O)C2Cc3ccccc3N3CCN(c4ccccc4OC)CC23)CC1. The minimum atomic E-state index is -0.128. The van der Waals surface area contributed by atoms with Crippen molar-refractivity contribution in [3.63, 3.8) is 0 Å². The number of piperidine rings is 1. The van der Waals surface area contributed by atoms with Gasteiger partial charge in [-0.15, -0.1) is 0 Å². The summed E-state index contributed by atoms with van der Waals surface area (Å²) in [5, 5.41) is 0. The van der Waals surface area contributed by atoms with Gasteiger partial charge in [0, 0.05) is 38.4 Å². The number of hydrogen-bond acceptors (Lipinski definition) is 6. The molecule has 3 aliphatic heterocycles. The lowest BCUT2D eigenvalue weighted by Gasteiger charge is -2.50. The highest BCUT2D eigenvalue weighted by Gasteiger charge is 2.44. The smallest absolute Gasteiger partial charge is 0.309 e. The predicted octanol–water partition coefficient (Wildman–Crippen LogP) is 3.36. The Morgan fingerprint density at radius 3 is 2.40 bits per heavy atom. The number of ether oxygens (including phenoxy) is 2. The number of anilines is 2. The zero-order valence-electron chi connectivity index (χ0n) is 20.7. The molecular formula is C28H35N3O4. The quantitative estimate of drug-likeness (QED) is 0.616. The van der Waals surface area contributed by atoms with E-state index in [0.29, 0.717) is 32.5 Å². The van der Waals surface area contributed by atoms with E-state index in [9.17, 15) is 9.59 Å². The monoisotopic (exact) mass is 477 g/mol. The second kappa shape index (κ2) is 10.2. The minimum absolute atomic E-state index is 0.0823. The summed E-state index contributed by atoms with van der Waals surface area (Å²) >= 11 is 0.